The van der Waals surface area contributed by atoms with E-state index in [1.165, 1.54) is 0 Å². The fourth-order valence-corrected chi connectivity index (χ4v) is 4.52. The van der Waals surface area contributed by atoms with Crippen molar-refractivity contribution in [3.05, 3.63) is 133 Å². The van der Waals surface area contributed by atoms with Crippen molar-refractivity contribution in [3.8, 4) is 34.4 Å². The standard InChI is InChI=1S/C31H26N6/c1-31(2,25-15-9-17-27(34-25)36-21-19-32-29(36)23-11-5-3-6-12-23)26-16-10-18-28(35-26)37-22-20-33-30(37)24-13-7-4-8-14-24/h3-22H,1-2H3. The molecule has 0 unspecified atom stereocenters. The van der Waals surface area contributed by atoms with Crippen molar-refractivity contribution in [2.75, 3.05) is 0 Å². The SMILES string of the molecule is CC(C)(c1cccc(-n2ccnc2-c2ccccc2)n1)c1cccc(-n2ccnc2-c2ccccc2)n1. The fraction of sp³-hybridized carbons (Fsp3) is 0.0968. The zero-order valence-electron chi connectivity index (χ0n) is 20.7. The number of imidazole rings is 2. The molecule has 2 aromatic carbocycles. The first-order chi connectivity index (χ1) is 18.1. The zero-order valence-corrected chi connectivity index (χ0v) is 20.7. The summed E-state index contributed by atoms with van der Waals surface area (Å²) < 4.78 is 4.05. The molecular formula is C31H26N6. The lowest BCUT2D eigenvalue weighted by Crippen LogP contribution is -2.23. The Hall–Kier alpha value is -4.84. The molecule has 0 aliphatic heterocycles. The molecule has 0 saturated heterocycles. The van der Waals surface area contributed by atoms with E-state index in [4.69, 9.17) is 9.97 Å². The van der Waals surface area contributed by atoms with Gasteiger partial charge in [0.05, 0.1) is 11.4 Å². The summed E-state index contributed by atoms with van der Waals surface area (Å²) in [6.07, 6.45) is 7.51. The van der Waals surface area contributed by atoms with Crippen LogP contribution in [0.1, 0.15) is 25.2 Å². The van der Waals surface area contributed by atoms with Gasteiger partial charge in [-0.25, -0.2) is 19.9 Å². The topological polar surface area (TPSA) is 61.4 Å². The molecule has 37 heavy (non-hydrogen) atoms. The molecule has 0 aliphatic carbocycles. The Morgan fingerprint density at radius 3 is 1.38 bits per heavy atom. The Morgan fingerprint density at radius 2 is 0.946 bits per heavy atom. The van der Waals surface area contributed by atoms with E-state index in [9.17, 15) is 0 Å². The maximum absolute atomic E-state index is 5.07. The van der Waals surface area contributed by atoms with E-state index in [1.54, 1.807) is 0 Å². The van der Waals surface area contributed by atoms with Gasteiger partial charge in [0.15, 0.2) is 0 Å². The van der Waals surface area contributed by atoms with E-state index in [1.807, 2.05) is 94.6 Å². The summed E-state index contributed by atoms with van der Waals surface area (Å²) >= 11 is 0. The Balaban J connectivity index is 1.37. The molecule has 4 heterocycles. The quantitative estimate of drug-likeness (QED) is 0.272. The molecule has 0 saturated carbocycles. The van der Waals surface area contributed by atoms with Crippen molar-refractivity contribution in [3.63, 3.8) is 0 Å². The molecular weight excluding hydrogens is 456 g/mol. The van der Waals surface area contributed by atoms with E-state index in [2.05, 4.69) is 60.2 Å². The number of pyridine rings is 2. The highest BCUT2D eigenvalue weighted by atomic mass is 15.1. The predicted molar refractivity (Wildman–Crippen MR) is 146 cm³/mol. The van der Waals surface area contributed by atoms with E-state index >= 15 is 0 Å². The van der Waals surface area contributed by atoms with Gasteiger partial charge in [0.1, 0.15) is 23.3 Å². The molecule has 6 aromatic rings. The number of nitrogens with zero attached hydrogens (tertiary/aromatic N) is 6. The third kappa shape index (κ3) is 4.23. The van der Waals surface area contributed by atoms with Gasteiger partial charge in [-0.2, -0.15) is 0 Å². The molecule has 6 nitrogen and oxygen atoms in total. The highest BCUT2D eigenvalue weighted by Gasteiger charge is 2.27. The first-order valence-corrected chi connectivity index (χ1v) is 12.2. The van der Waals surface area contributed by atoms with Crippen LogP contribution in [0.2, 0.25) is 0 Å². The molecule has 0 fully saturated rings. The van der Waals surface area contributed by atoms with Gasteiger partial charge in [0.2, 0.25) is 0 Å². The van der Waals surface area contributed by atoms with Crippen LogP contribution in [0.25, 0.3) is 34.4 Å². The fourth-order valence-electron chi connectivity index (χ4n) is 4.52. The minimum Gasteiger partial charge on any atom is -0.284 e. The minimum atomic E-state index is -0.437. The summed E-state index contributed by atoms with van der Waals surface area (Å²) in [5.41, 5.74) is 3.51. The lowest BCUT2D eigenvalue weighted by Gasteiger charge is -2.25. The molecule has 0 radical (unpaired) electrons. The van der Waals surface area contributed by atoms with E-state index in [0.29, 0.717) is 0 Å². The van der Waals surface area contributed by atoms with Gasteiger partial charge in [0, 0.05) is 41.3 Å². The molecule has 0 N–H and O–H groups in total. The third-order valence-corrected chi connectivity index (χ3v) is 6.59. The lowest BCUT2D eigenvalue weighted by molar-refractivity contribution is 0.591. The highest BCUT2D eigenvalue weighted by Crippen LogP contribution is 2.31. The normalized spacial score (nSPS) is 11.5. The summed E-state index contributed by atoms with van der Waals surface area (Å²) in [5.74, 6) is 3.35. The Morgan fingerprint density at radius 1 is 0.514 bits per heavy atom. The summed E-state index contributed by atoms with van der Waals surface area (Å²) in [6, 6.07) is 32.5. The molecule has 0 atom stereocenters. The van der Waals surface area contributed by atoms with Crippen LogP contribution in [0.15, 0.2) is 122 Å². The summed E-state index contributed by atoms with van der Waals surface area (Å²) in [7, 11) is 0. The number of hydrogen-bond donors (Lipinski definition) is 0. The smallest absolute Gasteiger partial charge is 0.145 e. The molecule has 180 valence electrons. The number of hydrogen-bond acceptors (Lipinski definition) is 4. The maximum atomic E-state index is 5.07. The van der Waals surface area contributed by atoms with Gasteiger partial charge < -0.3 is 0 Å². The number of aromatic nitrogens is 6. The van der Waals surface area contributed by atoms with Crippen LogP contribution in [0.4, 0.5) is 0 Å². The third-order valence-electron chi connectivity index (χ3n) is 6.59. The molecule has 4 aromatic heterocycles. The maximum Gasteiger partial charge on any atom is 0.145 e. The van der Waals surface area contributed by atoms with Gasteiger partial charge in [0.25, 0.3) is 0 Å². The largest absolute Gasteiger partial charge is 0.284 e. The van der Waals surface area contributed by atoms with E-state index in [0.717, 1.165) is 45.8 Å². The highest BCUT2D eigenvalue weighted by molar-refractivity contribution is 5.59. The summed E-state index contributed by atoms with van der Waals surface area (Å²) in [6.45, 7) is 4.31. The van der Waals surface area contributed by atoms with Crippen molar-refractivity contribution in [1.29, 1.82) is 0 Å². The molecule has 0 aliphatic rings. The van der Waals surface area contributed by atoms with E-state index < -0.39 is 5.41 Å². The number of rotatable bonds is 6. The minimum absolute atomic E-state index is 0.437. The monoisotopic (exact) mass is 482 g/mol. The Labute approximate surface area is 216 Å². The van der Waals surface area contributed by atoms with Crippen molar-refractivity contribution in [2.45, 2.75) is 19.3 Å². The molecule has 0 spiro atoms. The first-order valence-electron chi connectivity index (χ1n) is 12.2. The summed E-state index contributed by atoms with van der Waals surface area (Å²) in [5, 5.41) is 0. The van der Waals surface area contributed by atoms with Crippen LogP contribution in [0.5, 0.6) is 0 Å². The molecule has 0 amide bonds. The molecule has 0 bridgehead atoms. The van der Waals surface area contributed by atoms with Gasteiger partial charge in [-0.15, -0.1) is 0 Å². The second kappa shape index (κ2) is 9.32. The van der Waals surface area contributed by atoms with E-state index in [-0.39, 0.29) is 0 Å². The lowest BCUT2D eigenvalue weighted by atomic mass is 9.84. The van der Waals surface area contributed by atoms with Crippen LogP contribution in [-0.4, -0.2) is 29.1 Å². The zero-order chi connectivity index (χ0) is 25.2. The first kappa shape index (κ1) is 22.6. The molecule has 6 heteroatoms. The van der Waals surface area contributed by atoms with Gasteiger partial charge in [-0.3, -0.25) is 9.13 Å². The van der Waals surface area contributed by atoms with Crippen LogP contribution < -0.4 is 0 Å². The summed E-state index contributed by atoms with van der Waals surface area (Å²) in [4.78, 5) is 19.3. The van der Waals surface area contributed by atoms with Crippen molar-refractivity contribution in [1.82, 2.24) is 29.1 Å². The Bertz CT molecular complexity index is 1520. The van der Waals surface area contributed by atoms with Gasteiger partial charge >= 0.3 is 0 Å². The van der Waals surface area contributed by atoms with Crippen LogP contribution in [-0.2, 0) is 5.41 Å². The predicted octanol–water partition coefficient (Wildman–Crippen LogP) is 6.51. The van der Waals surface area contributed by atoms with Crippen molar-refractivity contribution in [2.24, 2.45) is 0 Å². The van der Waals surface area contributed by atoms with Crippen molar-refractivity contribution >= 4 is 0 Å². The van der Waals surface area contributed by atoms with Crippen LogP contribution in [0.3, 0.4) is 0 Å². The average molecular weight is 483 g/mol. The molecule has 6 rings (SSSR count). The van der Waals surface area contributed by atoms with Crippen LogP contribution in [0, 0.1) is 0 Å². The number of benzene rings is 2. The van der Waals surface area contributed by atoms with Crippen LogP contribution >= 0.6 is 0 Å². The Kier molecular flexibility index (Phi) is 5.69. The van der Waals surface area contributed by atoms with Gasteiger partial charge in [-0.1, -0.05) is 72.8 Å². The second-order valence-electron chi connectivity index (χ2n) is 9.36. The second-order valence-corrected chi connectivity index (χ2v) is 9.36. The van der Waals surface area contributed by atoms with Crippen molar-refractivity contribution < 1.29 is 0 Å². The van der Waals surface area contributed by atoms with Gasteiger partial charge in [-0.05, 0) is 38.1 Å². The average Bonchev–Trinajstić information content (AvgIpc) is 3.65.